The Kier molecular flexibility index (Phi) is 9.31. The van der Waals surface area contributed by atoms with Gasteiger partial charge in [0.2, 0.25) is 0 Å². The van der Waals surface area contributed by atoms with E-state index < -0.39 is 0 Å². The zero-order valence-corrected chi connectivity index (χ0v) is 39.9. The largest absolute Gasteiger partial charge is 0.201 e. The first kappa shape index (κ1) is 41.0. The first-order valence-electron chi connectivity index (χ1n) is 25.4. The van der Waals surface area contributed by atoms with Gasteiger partial charge in [-0.25, -0.2) is 18.3 Å². The third-order valence-corrected chi connectivity index (χ3v) is 16.0. The molecule has 2 unspecified atom stereocenters. The minimum atomic E-state index is 0.346. The van der Waals surface area contributed by atoms with Crippen molar-refractivity contribution in [2.45, 2.75) is 26.2 Å². The molecule has 4 nitrogen and oxygen atoms in total. The number of hydrogen-bond acceptors (Lipinski definition) is 0. The van der Waals surface area contributed by atoms with Crippen LogP contribution >= 0.6 is 0 Å². The summed E-state index contributed by atoms with van der Waals surface area (Å²) in [6, 6.07) is 54.8. The van der Waals surface area contributed by atoms with E-state index >= 15 is 0 Å². The van der Waals surface area contributed by atoms with Gasteiger partial charge in [-0.1, -0.05) is 146 Å². The Morgan fingerprint density at radius 3 is 0.958 bits per heavy atom. The molecule has 17 aliphatic heterocycles. The Hall–Kier alpha value is -8.86. The molecule has 2 atom stereocenters. The van der Waals surface area contributed by atoms with Crippen LogP contribution in [0.15, 0.2) is 266 Å². The lowest BCUT2D eigenvalue weighted by atomic mass is 9.63. The molecule has 4 aromatic heterocycles. The molecule has 0 fully saturated rings. The molecule has 26 bridgehead atoms. The zero-order valence-electron chi connectivity index (χ0n) is 39.9. The molecule has 4 heteroatoms. The lowest BCUT2D eigenvalue weighted by Crippen LogP contribution is -2.34. The molecule has 0 saturated carbocycles. The standard InChI is InChI=1S/C68H50N4/c1-5-47-6-2-45(1)41-69-29-21-49(22-30-69)59-37-55-9-11-57-39-60(40-58-12-10-56(38-59)65(55)66(57)58)50-23-31-70(32-24-50)42-46-3-7-48(8-4-46)44-72-35-27-52(28-36-72)62-18-14-54-15-19-63-61(51-25-33-71(43-47)34-26-51)17-13-53-16-20-64(62)68(54)67(53)63/h1-40,65-66H,41-44H2/q+4. The molecule has 0 radical (unpaired) electrons. The van der Waals surface area contributed by atoms with E-state index in [0.717, 1.165) is 26.2 Å². The highest BCUT2D eigenvalue weighted by atomic mass is 14.9. The first-order chi connectivity index (χ1) is 35.6. The summed E-state index contributed by atoms with van der Waals surface area (Å²) in [6.45, 7) is 3.27. The Bertz CT molecular complexity index is 3800. The van der Waals surface area contributed by atoms with Crippen LogP contribution in [0.5, 0.6) is 0 Å². The van der Waals surface area contributed by atoms with Gasteiger partial charge in [0.25, 0.3) is 0 Å². The van der Waals surface area contributed by atoms with E-state index in [1.165, 1.54) is 121 Å². The second-order valence-corrected chi connectivity index (χ2v) is 20.4. The summed E-state index contributed by atoms with van der Waals surface area (Å²) in [4.78, 5) is 0. The third kappa shape index (κ3) is 7.05. The first-order valence-corrected chi connectivity index (χ1v) is 25.4. The van der Waals surface area contributed by atoms with Gasteiger partial charge >= 0.3 is 0 Å². The van der Waals surface area contributed by atoms with Crippen molar-refractivity contribution in [2.75, 3.05) is 0 Å². The van der Waals surface area contributed by atoms with Crippen LogP contribution in [0.25, 0.3) is 65.7 Å². The van der Waals surface area contributed by atoms with Crippen LogP contribution in [0.2, 0.25) is 0 Å². The second-order valence-electron chi connectivity index (χ2n) is 20.4. The summed E-state index contributed by atoms with van der Waals surface area (Å²) < 4.78 is 9.12. The van der Waals surface area contributed by atoms with Gasteiger partial charge in [0.05, 0.1) is 0 Å². The van der Waals surface area contributed by atoms with Gasteiger partial charge < -0.3 is 0 Å². The molecule has 72 heavy (non-hydrogen) atoms. The van der Waals surface area contributed by atoms with Gasteiger partial charge in [0.15, 0.2) is 75.8 Å². The van der Waals surface area contributed by atoms with Crippen molar-refractivity contribution in [3.8, 4) is 22.3 Å². The van der Waals surface area contributed by atoms with E-state index in [2.05, 4.69) is 262 Å². The van der Waals surface area contributed by atoms with Crippen LogP contribution in [-0.2, 0) is 26.2 Å². The normalized spacial score (nSPS) is 17.7. The van der Waals surface area contributed by atoms with Gasteiger partial charge in [-0.3, -0.25) is 0 Å². The Labute approximate surface area is 419 Å². The predicted molar refractivity (Wildman–Crippen MR) is 288 cm³/mol. The lowest BCUT2D eigenvalue weighted by Gasteiger charge is -2.40. The van der Waals surface area contributed by atoms with Crippen LogP contribution in [0.3, 0.4) is 0 Å². The highest BCUT2D eigenvalue weighted by Crippen LogP contribution is 2.51. The van der Waals surface area contributed by atoms with Crippen molar-refractivity contribution in [2.24, 2.45) is 11.8 Å². The van der Waals surface area contributed by atoms with E-state index in [-0.39, 0.29) is 0 Å². The van der Waals surface area contributed by atoms with Gasteiger partial charge in [-0.2, -0.15) is 0 Å². The van der Waals surface area contributed by atoms with Gasteiger partial charge in [-0.15, -0.1) is 0 Å². The van der Waals surface area contributed by atoms with Crippen molar-refractivity contribution >= 4 is 43.5 Å². The van der Waals surface area contributed by atoms with Crippen LogP contribution in [-0.4, -0.2) is 0 Å². The highest BCUT2D eigenvalue weighted by molar-refractivity contribution is 6.27. The molecule has 6 aromatic carbocycles. The number of rotatable bonds is 0. The number of aromatic nitrogens is 4. The van der Waals surface area contributed by atoms with Crippen molar-refractivity contribution in [3.63, 3.8) is 0 Å². The Balaban J connectivity index is 0.771. The van der Waals surface area contributed by atoms with Crippen LogP contribution in [0.1, 0.15) is 33.4 Å². The fraction of sp³-hybridized carbons (Fsp3) is 0.0882. The molecule has 4 aliphatic carbocycles. The SMILES string of the molecule is C1=CC2=CC3=CC4=CC=C5C=C(C=C1C5C42)c1cc[n+](cc1)Cc1ccc(cc1)C[n+]1ccc(cc1)-c1ccc2ccc4c(ccc5ccc1c2c54)-c1cc[n+](cc1)Cc1ccc(cc1)C[n+]1ccc3cc1. The fourth-order valence-electron chi connectivity index (χ4n) is 12.3. The Morgan fingerprint density at radius 1 is 0.292 bits per heavy atom. The molecule has 338 valence electrons. The molecule has 0 saturated heterocycles. The average molecular weight is 923 g/mol. The smallest absolute Gasteiger partial charge is 0.173 e. The summed E-state index contributed by atoms with van der Waals surface area (Å²) in [5.74, 6) is 0.691. The number of nitrogens with zero attached hydrogens (tertiary/aromatic N) is 4. The van der Waals surface area contributed by atoms with Crippen molar-refractivity contribution in [1.29, 1.82) is 0 Å². The summed E-state index contributed by atoms with van der Waals surface area (Å²) in [5, 5.41) is 7.80. The van der Waals surface area contributed by atoms with Crippen molar-refractivity contribution in [3.05, 3.63) is 299 Å². The summed E-state index contributed by atoms with van der Waals surface area (Å²) in [6.07, 6.45) is 36.9. The van der Waals surface area contributed by atoms with Crippen molar-refractivity contribution in [1.82, 2.24) is 0 Å². The highest BCUT2D eigenvalue weighted by Gasteiger charge is 2.38. The number of hydrogen-bond donors (Lipinski definition) is 0. The molecular weight excluding hydrogens is 873 g/mol. The molecular formula is C68H50N4+4. The molecule has 31 rings (SSSR count). The Morgan fingerprint density at radius 2 is 0.611 bits per heavy atom. The third-order valence-electron chi connectivity index (χ3n) is 16.0. The summed E-state index contributed by atoms with van der Waals surface area (Å²) in [7, 11) is 0. The molecule has 0 spiro atoms. The van der Waals surface area contributed by atoms with E-state index in [0.29, 0.717) is 11.8 Å². The number of pyridine rings is 4. The predicted octanol–water partition coefficient (Wildman–Crippen LogP) is 12.6. The van der Waals surface area contributed by atoms with E-state index in [1.807, 2.05) is 0 Å². The van der Waals surface area contributed by atoms with E-state index in [4.69, 9.17) is 0 Å². The van der Waals surface area contributed by atoms with Gasteiger partial charge in [-0.05, 0) is 99.1 Å². The fourth-order valence-corrected chi connectivity index (χ4v) is 12.3. The van der Waals surface area contributed by atoms with Gasteiger partial charge in [0.1, 0.15) is 0 Å². The van der Waals surface area contributed by atoms with Crippen molar-refractivity contribution < 1.29 is 18.3 Å². The van der Waals surface area contributed by atoms with E-state index in [9.17, 15) is 0 Å². The second kappa shape index (κ2) is 16.4. The van der Waals surface area contributed by atoms with Crippen LogP contribution in [0, 0.1) is 11.8 Å². The average Bonchev–Trinajstić information content (AvgIpc) is 3.43. The summed E-state index contributed by atoms with van der Waals surface area (Å²) in [5.41, 5.74) is 20.7. The minimum absolute atomic E-state index is 0.346. The van der Waals surface area contributed by atoms with Gasteiger partial charge in [0, 0.05) is 82.6 Å². The maximum absolute atomic E-state index is 2.42. The topological polar surface area (TPSA) is 15.5 Å². The van der Waals surface area contributed by atoms with Crippen LogP contribution in [0.4, 0.5) is 0 Å². The van der Waals surface area contributed by atoms with E-state index in [1.54, 1.807) is 0 Å². The molecule has 21 aliphatic rings. The summed E-state index contributed by atoms with van der Waals surface area (Å²) >= 11 is 0. The minimum Gasteiger partial charge on any atom is -0.201 e. The molecule has 0 N–H and O–H groups in total. The molecule has 21 heterocycles. The number of allylic oxidation sites excluding steroid dienone is 14. The maximum Gasteiger partial charge on any atom is 0.173 e. The zero-order chi connectivity index (χ0) is 47.3. The molecule has 0 amide bonds. The maximum atomic E-state index is 2.42. The molecule has 10 aromatic rings. The quantitative estimate of drug-likeness (QED) is 0.106. The lowest BCUT2D eigenvalue weighted by molar-refractivity contribution is -0.688. The van der Waals surface area contributed by atoms with Crippen LogP contribution < -0.4 is 18.3 Å². The number of benzene rings is 6. The monoisotopic (exact) mass is 922 g/mol.